The van der Waals surface area contributed by atoms with E-state index in [0.29, 0.717) is 11.3 Å². The number of nitrogens with zero attached hydrogens (tertiary/aromatic N) is 1. The van der Waals surface area contributed by atoms with E-state index in [0.717, 1.165) is 0 Å². The lowest BCUT2D eigenvalue weighted by molar-refractivity contribution is 0.597. The molecule has 0 atom stereocenters. The van der Waals surface area contributed by atoms with Gasteiger partial charge in [0.05, 0.1) is 11.9 Å². The molecule has 0 amide bonds. The second kappa shape index (κ2) is 4.75. The third-order valence-electron chi connectivity index (χ3n) is 2.20. The maximum Gasteiger partial charge on any atom is 0.278 e. The number of thiocarbonyl (C=S) groups is 1. The molecule has 2 aromatic rings. The molecule has 0 fully saturated rings. The summed E-state index contributed by atoms with van der Waals surface area (Å²) in [7, 11) is -3.71. The predicted octanol–water partition coefficient (Wildman–Crippen LogP) is 0.845. The van der Waals surface area contributed by atoms with Gasteiger partial charge in [-0.2, -0.15) is 13.5 Å². The molecule has 18 heavy (non-hydrogen) atoms. The quantitative estimate of drug-likeness (QED) is 0.722. The number of anilines is 1. The number of hydrogen-bond donors (Lipinski definition) is 3. The van der Waals surface area contributed by atoms with Crippen molar-refractivity contribution in [3.05, 3.63) is 42.1 Å². The molecule has 1 aromatic heterocycles. The van der Waals surface area contributed by atoms with Crippen molar-refractivity contribution < 1.29 is 8.42 Å². The standard InChI is InChI=1S/C10H10N4O2S2/c11-10(17)7-3-1-2-4-8(7)14-18(15,16)9-5-6-12-13-9/h1-6,14H,(H2,11,17)(H,12,13). The van der Waals surface area contributed by atoms with Gasteiger partial charge in [0.25, 0.3) is 10.0 Å². The van der Waals surface area contributed by atoms with Gasteiger partial charge in [0.1, 0.15) is 4.99 Å². The molecule has 1 heterocycles. The highest BCUT2D eigenvalue weighted by molar-refractivity contribution is 7.92. The van der Waals surface area contributed by atoms with Crippen molar-refractivity contribution in [3.8, 4) is 0 Å². The monoisotopic (exact) mass is 282 g/mol. The van der Waals surface area contributed by atoms with Crippen molar-refractivity contribution in [2.45, 2.75) is 5.03 Å². The van der Waals surface area contributed by atoms with Crippen LogP contribution in [0.4, 0.5) is 5.69 Å². The average Bonchev–Trinajstić information content (AvgIpc) is 2.83. The maximum absolute atomic E-state index is 12.0. The molecule has 2 rings (SSSR count). The first-order valence-corrected chi connectivity index (χ1v) is 6.81. The zero-order valence-corrected chi connectivity index (χ0v) is 10.8. The van der Waals surface area contributed by atoms with E-state index in [4.69, 9.17) is 18.0 Å². The lowest BCUT2D eigenvalue weighted by atomic mass is 10.2. The van der Waals surface area contributed by atoms with Crippen LogP contribution in [0.2, 0.25) is 0 Å². The molecule has 0 bridgehead atoms. The van der Waals surface area contributed by atoms with Gasteiger partial charge >= 0.3 is 0 Å². The SMILES string of the molecule is NC(=S)c1ccccc1NS(=O)(=O)c1ccn[nH]1. The molecule has 1 aromatic carbocycles. The van der Waals surface area contributed by atoms with Gasteiger partial charge in [0.15, 0.2) is 5.03 Å². The van der Waals surface area contributed by atoms with Gasteiger partial charge in [-0.05, 0) is 18.2 Å². The summed E-state index contributed by atoms with van der Waals surface area (Å²) in [4.78, 5) is 0.123. The van der Waals surface area contributed by atoms with Crippen LogP contribution in [0.1, 0.15) is 5.56 Å². The number of H-pyrrole nitrogens is 1. The second-order valence-corrected chi connectivity index (χ2v) is 5.53. The average molecular weight is 282 g/mol. The molecule has 0 unspecified atom stereocenters. The fourth-order valence-electron chi connectivity index (χ4n) is 1.38. The van der Waals surface area contributed by atoms with Crippen LogP contribution in [-0.4, -0.2) is 23.6 Å². The normalized spacial score (nSPS) is 11.1. The Balaban J connectivity index is 2.39. The fourth-order valence-corrected chi connectivity index (χ4v) is 2.55. The van der Waals surface area contributed by atoms with Crippen LogP contribution < -0.4 is 10.5 Å². The number of para-hydroxylation sites is 1. The highest BCUT2D eigenvalue weighted by atomic mass is 32.2. The lowest BCUT2D eigenvalue weighted by Gasteiger charge is -2.10. The van der Waals surface area contributed by atoms with Crippen molar-refractivity contribution in [1.82, 2.24) is 10.2 Å². The van der Waals surface area contributed by atoms with Crippen LogP contribution in [0.5, 0.6) is 0 Å². The van der Waals surface area contributed by atoms with E-state index < -0.39 is 10.0 Å². The van der Waals surface area contributed by atoms with Gasteiger partial charge in [0.2, 0.25) is 0 Å². The van der Waals surface area contributed by atoms with Crippen molar-refractivity contribution >= 4 is 32.9 Å². The van der Waals surface area contributed by atoms with Gasteiger partial charge in [-0.25, -0.2) is 0 Å². The maximum atomic E-state index is 12.0. The highest BCUT2D eigenvalue weighted by Crippen LogP contribution is 2.18. The molecular formula is C10H10N4O2S2. The molecule has 0 aliphatic heterocycles. The smallest absolute Gasteiger partial charge is 0.278 e. The topological polar surface area (TPSA) is 101 Å². The minimum absolute atomic E-state index is 0.0276. The number of rotatable bonds is 4. The molecule has 0 spiro atoms. The number of benzene rings is 1. The van der Waals surface area contributed by atoms with Gasteiger partial charge < -0.3 is 5.73 Å². The third-order valence-corrected chi connectivity index (χ3v) is 3.72. The van der Waals surface area contributed by atoms with E-state index in [2.05, 4.69) is 14.9 Å². The first-order chi connectivity index (χ1) is 8.50. The van der Waals surface area contributed by atoms with E-state index in [1.807, 2.05) is 0 Å². The minimum atomic E-state index is -3.71. The molecule has 94 valence electrons. The second-order valence-electron chi connectivity index (χ2n) is 3.44. The first-order valence-electron chi connectivity index (χ1n) is 4.92. The number of aromatic nitrogens is 2. The van der Waals surface area contributed by atoms with Crippen LogP contribution in [-0.2, 0) is 10.0 Å². The van der Waals surface area contributed by atoms with Crippen LogP contribution in [0, 0.1) is 0 Å². The Morgan fingerprint density at radius 2 is 2.06 bits per heavy atom. The highest BCUT2D eigenvalue weighted by Gasteiger charge is 2.17. The Bertz CT molecular complexity index is 665. The predicted molar refractivity (Wildman–Crippen MR) is 71.7 cm³/mol. The third kappa shape index (κ3) is 2.49. The zero-order chi connectivity index (χ0) is 13.2. The van der Waals surface area contributed by atoms with E-state index in [1.54, 1.807) is 24.3 Å². The summed E-state index contributed by atoms with van der Waals surface area (Å²) in [5.41, 5.74) is 6.33. The Morgan fingerprint density at radius 3 is 2.67 bits per heavy atom. The molecule has 0 aliphatic carbocycles. The molecule has 0 aliphatic rings. The van der Waals surface area contributed by atoms with Crippen LogP contribution in [0.15, 0.2) is 41.6 Å². The van der Waals surface area contributed by atoms with E-state index in [-0.39, 0.29) is 10.0 Å². The Hall–Kier alpha value is -1.93. The first kappa shape index (κ1) is 12.5. The van der Waals surface area contributed by atoms with Crippen molar-refractivity contribution in [2.24, 2.45) is 5.73 Å². The molecule has 0 radical (unpaired) electrons. The van der Waals surface area contributed by atoms with E-state index >= 15 is 0 Å². The summed E-state index contributed by atoms with van der Waals surface area (Å²) < 4.78 is 26.3. The van der Waals surface area contributed by atoms with E-state index in [1.165, 1.54) is 12.3 Å². The number of hydrogen-bond acceptors (Lipinski definition) is 4. The number of nitrogens with one attached hydrogen (secondary N) is 2. The summed E-state index contributed by atoms with van der Waals surface area (Å²) in [5.74, 6) is 0. The molecule has 6 nitrogen and oxygen atoms in total. The summed E-state index contributed by atoms with van der Waals surface area (Å²) in [6, 6.07) is 8.00. The molecule has 4 N–H and O–H groups in total. The summed E-state index contributed by atoms with van der Waals surface area (Å²) in [5, 5.41) is 5.95. The van der Waals surface area contributed by atoms with Gasteiger partial charge in [0, 0.05) is 5.56 Å². The van der Waals surface area contributed by atoms with Crippen LogP contribution in [0.25, 0.3) is 0 Å². The summed E-state index contributed by atoms with van der Waals surface area (Å²) in [6.45, 7) is 0. The van der Waals surface area contributed by atoms with Crippen molar-refractivity contribution in [3.63, 3.8) is 0 Å². The molecule has 0 saturated heterocycles. The van der Waals surface area contributed by atoms with Gasteiger partial charge in [-0.1, -0.05) is 24.4 Å². The largest absolute Gasteiger partial charge is 0.389 e. The number of aromatic amines is 1. The Kier molecular flexibility index (Phi) is 3.30. The van der Waals surface area contributed by atoms with Gasteiger partial charge in [-0.3, -0.25) is 9.82 Å². The summed E-state index contributed by atoms with van der Waals surface area (Å²) >= 11 is 4.86. The van der Waals surface area contributed by atoms with Crippen molar-refractivity contribution in [2.75, 3.05) is 4.72 Å². The van der Waals surface area contributed by atoms with Crippen LogP contribution >= 0.6 is 12.2 Å². The Labute approximate surface area is 109 Å². The fraction of sp³-hybridized carbons (Fsp3) is 0. The molecular weight excluding hydrogens is 272 g/mol. The Morgan fingerprint density at radius 1 is 1.33 bits per heavy atom. The lowest BCUT2D eigenvalue weighted by Crippen LogP contribution is -2.18. The van der Waals surface area contributed by atoms with Crippen LogP contribution in [0.3, 0.4) is 0 Å². The minimum Gasteiger partial charge on any atom is -0.389 e. The molecule has 0 saturated carbocycles. The summed E-state index contributed by atoms with van der Waals surface area (Å²) in [6.07, 6.45) is 1.36. The van der Waals surface area contributed by atoms with E-state index in [9.17, 15) is 8.42 Å². The number of sulfonamides is 1. The zero-order valence-electron chi connectivity index (χ0n) is 9.12. The van der Waals surface area contributed by atoms with Crippen molar-refractivity contribution in [1.29, 1.82) is 0 Å². The van der Waals surface area contributed by atoms with Gasteiger partial charge in [-0.15, -0.1) is 0 Å². The number of nitrogens with two attached hydrogens (primary N) is 1. The molecule has 8 heteroatoms.